The molecule has 0 saturated carbocycles. The predicted molar refractivity (Wildman–Crippen MR) is 215 cm³/mol. The maximum absolute atomic E-state index is 9.00. The van der Waals surface area contributed by atoms with Crippen molar-refractivity contribution in [3.05, 3.63) is 170 Å². The first-order chi connectivity index (χ1) is 27.7. The highest BCUT2D eigenvalue weighted by molar-refractivity contribution is 7.26. The fraction of sp³-hybridized carbons (Fsp3) is 0. The van der Waals surface area contributed by atoms with Crippen molar-refractivity contribution in [3.8, 4) is 55.8 Å². The summed E-state index contributed by atoms with van der Waals surface area (Å²) in [6.07, 6.45) is 1.57. The van der Waals surface area contributed by atoms with Crippen molar-refractivity contribution < 1.29 is 9.60 Å². The maximum Gasteiger partial charge on any atom is 0.116 e. The van der Waals surface area contributed by atoms with E-state index in [-0.39, 0.29) is 47.0 Å². The fourth-order valence-corrected chi connectivity index (χ4v) is 8.91. The maximum atomic E-state index is 9.00. The Balaban J connectivity index is 1.06. The molecule has 0 amide bonds. The van der Waals surface area contributed by atoms with E-state index in [1.807, 2.05) is 30.3 Å². The minimum atomic E-state index is -0.390. The molecule has 0 unspecified atom stereocenters. The van der Waals surface area contributed by atoms with Gasteiger partial charge in [-0.15, -0.1) is 22.7 Å². The molecule has 50 heavy (non-hydrogen) atoms. The topological polar surface area (TPSA) is 25.8 Å². The van der Waals surface area contributed by atoms with Crippen LogP contribution in [0.25, 0.3) is 96.2 Å². The number of hydrogen-bond donors (Lipinski definition) is 0. The van der Waals surface area contributed by atoms with Gasteiger partial charge in [-0.25, -0.2) is 9.97 Å². The first kappa shape index (κ1) is 22.6. The molecule has 0 spiro atoms. The Morgan fingerprint density at radius 1 is 0.420 bits per heavy atom. The Hall–Kier alpha value is -5.94. The molecule has 0 fully saturated rings. The van der Waals surface area contributed by atoms with Crippen LogP contribution in [0.3, 0.4) is 0 Å². The molecule has 0 aliphatic heterocycles. The monoisotopic (exact) mass is 679 g/mol. The molecule has 2 nitrogen and oxygen atoms in total. The molecule has 10 aromatic rings. The van der Waals surface area contributed by atoms with Gasteiger partial charge in [0.1, 0.15) is 6.33 Å². The molecule has 234 valence electrons. The van der Waals surface area contributed by atoms with Gasteiger partial charge in [-0.05, 0) is 74.8 Å². The van der Waals surface area contributed by atoms with Crippen molar-refractivity contribution in [1.29, 1.82) is 0 Å². The second kappa shape index (κ2) is 11.9. The van der Waals surface area contributed by atoms with Gasteiger partial charge in [-0.2, -0.15) is 0 Å². The highest BCUT2D eigenvalue weighted by Gasteiger charge is 2.16. The number of aromatic nitrogens is 2. The second-order valence-electron chi connectivity index (χ2n) is 12.1. The Kier molecular flexibility index (Phi) is 5.38. The zero-order chi connectivity index (χ0) is 39.1. The average Bonchev–Trinajstić information content (AvgIpc) is 3.84. The molecule has 4 heteroatoms. The number of benzene rings is 7. The number of hydrogen-bond acceptors (Lipinski definition) is 4. The Morgan fingerprint density at radius 2 is 1.04 bits per heavy atom. The lowest BCUT2D eigenvalue weighted by atomic mass is 9.96. The molecule has 3 aromatic heterocycles. The van der Waals surface area contributed by atoms with Crippen LogP contribution in [0.1, 0.15) is 9.60 Å². The second-order valence-corrected chi connectivity index (χ2v) is 14.2. The van der Waals surface area contributed by atoms with Gasteiger partial charge in [-0.1, -0.05) is 133 Å². The lowest BCUT2D eigenvalue weighted by Gasteiger charge is -2.08. The highest BCUT2D eigenvalue weighted by Crippen LogP contribution is 2.43. The number of fused-ring (bicyclic) bond motifs is 6. The fourth-order valence-electron chi connectivity index (χ4n) is 6.68. The van der Waals surface area contributed by atoms with E-state index in [4.69, 9.17) is 19.6 Å². The predicted octanol–water partition coefficient (Wildman–Crippen LogP) is 13.5. The molecule has 0 aliphatic rings. The van der Waals surface area contributed by atoms with E-state index in [1.54, 1.807) is 17.7 Å². The highest BCUT2D eigenvalue weighted by atomic mass is 32.1. The van der Waals surface area contributed by atoms with Crippen LogP contribution in [0.5, 0.6) is 0 Å². The number of thiophene rings is 2. The molecule has 0 atom stereocenters. The van der Waals surface area contributed by atoms with Crippen LogP contribution in [0.15, 0.2) is 170 Å². The smallest absolute Gasteiger partial charge is 0.116 e. The van der Waals surface area contributed by atoms with E-state index in [1.165, 1.54) is 11.1 Å². The molecule has 7 aromatic carbocycles. The zero-order valence-corrected chi connectivity index (χ0v) is 28.0. The summed E-state index contributed by atoms with van der Waals surface area (Å²) in [5, 5.41) is 1.50. The molecular weight excluding hydrogens is 645 g/mol. The third-order valence-electron chi connectivity index (χ3n) is 9.13. The number of nitrogens with zero attached hydrogens (tertiary/aromatic N) is 2. The Morgan fingerprint density at radius 3 is 1.90 bits per heavy atom. The molecule has 0 bridgehead atoms. The molecule has 0 N–H and O–H groups in total. The summed E-state index contributed by atoms with van der Waals surface area (Å²) >= 11 is 2.75. The summed E-state index contributed by atoms with van der Waals surface area (Å²) in [6, 6.07) is 39.8. The van der Waals surface area contributed by atoms with Gasteiger partial charge < -0.3 is 0 Å². The van der Waals surface area contributed by atoms with E-state index in [0.717, 1.165) is 65.2 Å². The SMILES string of the molecule is [2H]c1c([2H])c([2H])c2c(sc3c(-c4cccc(-c5ncnc6c5sc5ccc(-c7cccc(-c8ccc(-c9ccccc9)cc8)c7)cc56)c4)c([2H])c([2H])c([2H])c32)c1[2H]. The molecule has 10 rings (SSSR count). The van der Waals surface area contributed by atoms with E-state index < -0.39 is 6.04 Å². The normalized spacial score (nSPS) is 13.6. The van der Waals surface area contributed by atoms with Crippen molar-refractivity contribution in [2.24, 2.45) is 0 Å². The largest absolute Gasteiger partial charge is 0.235 e. The summed E-state index contributed by atoms with van der Waals surface area (Å²) in [5.41, 5.74) is 10.2. The minimum absolute atomic E-state index is 0.137. The molecule has 0 saturated heterocycles. The quantitative estimate of drug-likeness (QED) is 0.181. The van der Waals surface area contributed by atoms with Crippen LogP contribution >= 0.6 is 22.7 Å². The van der Waals surface area contributed by atoms with Gasteiger partial charge in [-0.3, -0.25) is 0 Å². The van der Waals surface area contributed by atoms with Crippen molar-refractivity contribution in [3.63, 3.8) is 0 Å². The minimum Gasteiger partial charge on any atom is -0.235 e. The number of rotatable bonds is 5. The van der Waals surface area contributed by atoms with E-state index in [9.17, 15) is 0 Å². The van der Waals surface area contributed by atoms with Crippen LogP contribution in [-0.4, -0.2) is 9.97 Å². The van der Waals surface area contributed by atoms with Gasteiger partial charge >= 0.3 is 0 Å². The van der Waals surface area contributed by atoms with Crippen LogP contribution in [0.2, 0.25) is 0 Å². The first-order valence-corrected chi connectivity index (χ1v) is 17.8. The van der Waals surface area contributed by atoms with Gasteiger partial charge in [0, 0.05) is 35.8 Å². The Labute approximate surface area is 307 Å². The summed E-state index contributed by atoms with van der Waals surface area (Å²) in [4.78, 5) is 9.51. The van der Waals surface area contributed by atoms with E-state index in [2.05, 4.69) is 91.0 Å². The molecular formula is C46H28N2S2. The summed E-state index contributed by atoms with van der Waals surface area (Å²) in [5.74, 6) is 0. The van der Waals surface area contributed by atoms with Crippen LogP contribution in [0.4, 0.5) is 0 Å². The molecule has 3 heterocycles. The van der Waals surface area contributed by atoms with Gasteiger partial charge in [0.05, 0.1) is 25.5 Å². The van der Waals surface area contributed by atoms with Crippen molar-refractivity contribution in [2.75, 3.05) is 0 Å². The van der Waals surface area contributed by atoms with Gasteiger partial charge in [0.2, 0.25) is 0 Å². The summed E-state index contributed by atoms with van der Waals surface area (Å²) in [7, 11) is 0. The van der Waals surface area contributed by atoms with E-state index >= 15 is 0 Å². The third-order valence-corrected chi connectivity index (χ3v) is 11.4. The standard InChI is InChI=1S/C46H28N2S2/c1-2-9-29(10-3-1)30-19-21-31(22-20-30)32-11-6-12-33(25-32)34-23-24-42-40(27-34)44-46(50-42)43(47-28-48-44)36-14-7-13-35(26-36)37-16-8-17-39-38-15-4-5-18-41(38)49-45(37)39/h1-28H/i4D,5D,8D,15D,16D,17D,18D. The molecule has 0 aliphatic carbocycles. The van der Waals surface area contributed by atoms with Crippen molar-refractivity contribution >= 4 is 63.1 Å². The van der Waals surface area contributed by atoms with Gasteiger partial charge in [0.25, 0.3) is 0 Å². The summed E-state index contributed by atoms with van der Waals surface area (Å²) < 4.78 is 63.0. The molecule has 0 radical (unpaired) electrons. The van der Waals surface area contributed by atoms with Crippen molar-refractivity contribution in [2.45, 2.75) is 0 Å². The average molecular weight is 680 g/mol. The summed E-state index contributed by atoms with van der Waals surface area (Å²) in [6.45, 7) is 0. The lowest BCUT2D eigenvalue weighted by Crippen LogP contribution is -1.87. The van der Waals surface area contributed by atoms with E-state index in [0.29, 0.717) is 20.5 Å². The first-order valence-electron chi connectivity index (χ1n) is 19.6. The zero-order valence-electron chi connectivity index (χ0n) is 33.3. The van der Waals surface area contributed by atoms with Crippen LogP contribution in [0, 0.1) is 0 Å². The third kappa shape index (κ3) is 4.92. The van der Waals surface area contributed by atoms with Crippen LogP contribution < -0.4 is 0 Å². The Bertz CT molecular complexity index is 3270. The van der Waals surface area contributed by atoms with Crippen molar-refractivity contribution in [1.82, 2.24) is 9.97 Å². The van der Waals surface area contributed by atoms with Crippen LogP contribution in [-0.2, 0) is 0 Å². The van der Waals surface area contributed by atoms with Gasteiger partial charge in [0.15, 0.2) is 0 Å². The lowest BCUT2D eigenvalue weighted by molar-refractivity contribution is 1.24.